The zero-order chi connectivity index (χ0) is 22.0. The number of halogens is 5. The SMILES string of the molecule is Fc1ccc(-n2c(Cc3ccc(Cl)c(Cl)c3)nnc2SCc2ccc(Cl)c(Cl)c2)cc1. The molecule has 3 nitrogen and oxygen atoms in total. The van der Waals surface area contributed by atoms with Gasteiger partial charge in [0.15, 0.2) is 5.16 Å². The van der Waals surface area contributed by atoms with E-state index in [1.807, 2.05) is 22.8 Å². The molecule has 0 unspecified atom stereocenters. The highest BCUT2D eigenvalue weighted by Crippen LogP contribution is 2.30. The van der Waals surface area contributed by atoms with Crippen molar-refractivity contribution >= 4 is 58.2 Å². The number of hydrogen-bond donors (Lipinski definition) is 0. The van der Waals surface area contributed by atoms with E-state index < -0.39 is 0 Å². The van der Waals surface area contributed by atoms with E-state index in [-0.39, 0.29) is 5.82 Å². The molecule has 0 aliphatic heterocycles. The van der Waals surface area contributed by atoms with E-state index in [0.717, 1.165) is 16.8 Å². The molecule has 4 aromatic rings. The molecule has 4 rings (SSSR count). The first-order valence-electron chi connectivity index (χ1n) is 9.11. The molecule has 158 valence electrons. The molecule has 0 atom stereocenters. The van der Waals surface area contributed by atoms with Crippen LogP contribution in [-0.4, -0.2) is 14.8 Å². The normalized spacial score (nSPS) is 11.1. The zero-order valence-electron chi connectivity index (χ0n) is 15.8. The molecule has 9 heteroatoms. The van der Waals surface area contributed by atoms with Crippen molar-refractivity contribution in [1.29, 1.82) is 0 Å². The van der Waals surface area contributed by atoms with E-state index in [0.29, 0.717) is 43.2 Å². The van der Waals surface area contributed by atoms with E-state index in [2.05, 4.69) is 10.2 Å². The Kier molecular flexibility index (Phi) is 7.09. The number of hydrogen-bond acceptors (Lipinski definition) is 3. The standard InChI is InChI=1S/C22H14Cl4FN3S/c23-17-7-1-13(9-19(17)25)11-21-28-29-22(30(21)16-5-3-15(27)4-6-16)31-12-14-2-8-18(24)20(26)10-14/h1-10H,11-12H2. The minimum atomic E-state index is -0.312. The lowest BCUT2D eigenvalue weighted by Crippen LogP contribution is -2.04. The van der Waals surface area contributed by atoms with Crippen LogP contribution in [0.1, 0.15) is 17.0 Å². The van der Waals surface area contributed by atoms with Gasteiger partial charge in [-0.1, -0.05) is 70.3 Å². The van der Waals surface area contributed by atoms with Crippen LogP contribution in [0.4, 0.5) is 4.39 Å². The van der Waals surface area contributed by atoms with E-state index in [1.54, 1.807) is 30.3 Å². The van der Waals surface area contributed by atoms with Crippen LogP contribution in [0.5, 0.6) is 0 Å². The number of thioether (sulfide) groups is 1. The molecule has 0 aliphatic carbocycles. The van der Waals surface area contributed by atoms with Crippen molar-refractivity contribution in [2.45, 2.75) is 17.3 Å². The second-order valence-corrected chi connectivity index (χ2v) is 9.24. The molecule has 3 aromatic carbocycles. The Morgan fingerprint density at radius 3 is 2.00 bits per heavy atom. The average molecular weight is 513 g/mol. The molecule has 0 N–H and O–H groups in total. The van der Waals surface area contributed by atoms with Crippen LogP contribution in [0.3, 0.4) is 0 Å². The molecule has 0 saturated carbocycles. The Labute approximate surface area is 203 Å². The van der Waals surface area contributed by atoms with Crippen LogP contribution < -0.4 is 0 Å². The van der Waals surface area contributed by atoms with Crippen molar-refractivity contribution in [1.82, 2.24) is 14.8 Å². The predicted molar refractivity (Wildman–Crippen MR) is 127 cm³/mol. The van der Waals surface area contributed by atoms with Crippen LogP contribution in [0, 0.1) is 5.82 Å². The van der Waals surface area contributed by atoms with Crippen LogP contribution in [-0.2, 0) is 12.2 Å². The Morgan fingerprint density at radius 1 is 0.742 bits per heavy atom. The van der Waals surface area contributed by atoms with E-state index in [4.69, 9.17) is 46.4 Å². The van der Waals surface area contributed by atoms with Gasteiger partial charge in [0, 0.05) is 17.9 Å². The number of nitrogens with zero attached hydrogens (tertiary/aromatic N) is 3. The lowest BCUT2D eigenvalue weighted by molar-refractivity contribution is 0.627. The molecule has 0 aliphatic rings. The van der Waals surface area contributed by atoms with Gasteiger partial charge in [-0.05, 0) is 59.7 Å². The van der Waals surface area contributed by atoms with Crippen molar-refractivity contribution in [3.05, 3.63) is 104 Å². The average Bonchev–Trinajstić information content (AvgIpc) is 3.14. The molecule has 0 saturated heterocycles. The first kappa shape index (κ1) is 22.4. The van der Waals surface area contributed by atoms with Gasteiger partial charge in [-0.25, -0.2) is 4.39 Å². The number of aromatic nitrogens is 3. The van der Waals surface area contributed by atoms with E-state index in [9.17, 15) is 4.39 Å². The first-order chi connectivity index (χ1) is 14.9. The number of rotatable bonds is 6. The highest BCUT2D eigenvalue weighted by Gasteiger charge is 2.16. The molecular formula is C22H14Cl4FN3S. The maximum Gasteiger partial charge on any atom is 0.196 e. The molecule has 0 radical (unpaired) electrons. The summed E-state index contributed by atoms with van der Waals surface area (Å²) in [5, 5.41) is 11.4. The Balaban J connectivity index is 1.66. The van der Waals surface area contributed by atoms with Gasteiger partial charge >= 0.3 is 0 Å². The number of benzene rings is 3. The summed E-state index contributed by atoms with van der Waals surface area (Å²) in [6.45, 7) is 0. The summed E-state index contributed by atoms with van der Waals surface area (Å²) < 4.78 is 15.4. The molecule has 1 heterocycles. The minimum absolute atomic E-state index is 0.312. The minimum Gasteiger partial charge on any atom is -0.274 e. The van der Waals surface area contributed by atoms with Gasteiger partial charge < -0.3 is 0 Å². The van der Waals surface area contributed by atoms with Gasteiger partial charge in [-0.2, -0.15) is 0 Å². The first-order valence-corrected chi connectivity index (χ1v) is 11.6. The molecule has 0 amide bonds. The molecule has 31 heavy (non-hydrogen) atoms. The topological polar surface area (TPSA) is 30.7 Å². The van der Waals surface area contributed by atoms with Gasteiger partial charge in [0.1, 0.15) is 11.6 Å². The highest BCUT2D eigenvalue weighted by molar-refractivity contribution is 7.98. The molecule has 0 spiro atoms. The Morgan fingerprint density at radius 2 is 1.35 bits per heavy atom. The van der Waals surface area contributed by atoms with Crippen molar-refractivity contribution in [2.75, 3.05) is 0 Å². The third kappa shape index (κ3) is 5.36. The maximum absolute atomic E-state index is 13.5. The van der Waals surface area contributed by atoms with Gasteiger partial charge in [0.2, 0.25) is 0 Å². The van der Waals surface area contributed by atoms with Crippen molar-refractivity contribution in [3.8, 4) is 5.69 Å². The molecule has 0 bridgehead atoms. The third-order valence-electron chi connectivity index (χ3n) is 4.48. The predicted octanol–water partition coefficient (Wildman–Crippen LogP) is 7.90. The van der Waals surface area contributed by atoms with Crippen LogP contribution in [0.2, 0.25) is 20.1 Å². The summed E-state index contributed by atoms with van der Waals surface area (Å²) in [6.07, 6.45) is 0.481. The van der Waals surface area contributed by atoms with Crippen molar-refractivity contribution in [2.24, 2.45) is 0 Å². The monoisotopic (exact) mass is 511 g/mol. The van der Waals surface area contributed by atoms with Crippen molar-refractivity contribution in [3.63, 3.8) is 0 Å². The summed E-state index contributed by atoms with van der Waals surface area (Å²) in [7, 11) is 0. The van der Waals surface area contributed by atoms with Gasteiger partial charge in [0.05, 0.1) is 20.1 Å². The summed E-state index contributed by atoms with van der Waals surface area (Å²) in [5.41, 5.74) is 2.70. The highest BCUT2D eigenvalue weighted by atomic mass is 35.5. The summed E-state index contributed by atoms with van der Waals surface area (Å²) in [5.74, 6) is 0.998. The second kappa shape index (κ2) is 9.80. The van der Waals surface area contributed by atoms with Crippen LogP contribution in [0.15, 0.2) is 65.8 Å². The molecule has 1 aromatic heterocycles. The van der Waals surface area contributed by atoms with Gasteiger partial charge in [-0.15, -0.1) is 10.2 Å². The lowest BCUT2D eigenvalue weighted by Gasteiger charge is -2.11. The fourth-order valence-corrected chi connectivity index (χ4v) is 4.52. The lowest BCUT2D eigenvalue weighted by atomic mass is 10.1. The summed E-state index contributed by atoms with van der Waals surface area (Å²) in [4.78, 5) is 0. The zero-order valence-corrected chi connectivity index (χ0v) is 19.7. The third-order valence-corrected chi connectivity index (χ3v) is 6.96. The fraction of sp³-hybridized carbons (Fsp3) is 0.0909. The largest absolute Gasteiger partial charge is 0.274 e. The second-order valence-electron chi connectivity index (χ2n) is 6.67. The quantitative estimate of drug-likeness (QED) is 0.246. The smallest absolute Gasteiger partial charge is 0.196 e. The fourth-order valence-electron chi connectivity index (χ4n) is 2.97. The van der Waals surface area contributed by atoms with Crippen LogP contribution in [0.25, 0.3) is 5.69 Å². The van der Waals surface area contributed by atoms with Gasteiger partial charge in [0.25, 0.3) is 0 Å². The van der Waals surface area contributed by atoms with E-state index >= 15 is 0 Å². The van der Waals surface area contributed by atoms with Crippen LogP contribution >= 0.6 is 58.2 Å². The maximum atomic E-state index is 13.5. The Hall–Kier alpha value is -1.76. The molecular weight excluding hydrogens is 499 g/mol. The van der Waals surface area contributed by atoms with E-state index in [1.165, 1.54) is 23.9 Å². The van der Waals surface area contributed by atoms with Gasteiger partial charge in [-0.3, -0.25) is 4.57 Å². The molecule has 0 fully saturated rings. The summed E-state index contributed by atoms with van der Waals surface area (Å²) in [6, 6.07) is 17.1. The Bertz CT molecular complexity index is 1230. The van der Waals surface area contributed by atoms with Crippen molar-refractivity contribution < 1.29 is 4.39 Å². The summed E-state index contributed by atoms with van der Waals surface area (Å²) >= 11 is 25.8.